The molecule has 0 aromatic heterocycles. The van der Waals surface area contributed by atoms with E-state index >= 15 is 0 Å². The summed E-state index contributed by atoms with van der Waals surface area (Å²) in [7, 11) is 0. The Morgan fingerprint density at radius 2 is 0.696 bits per heavy atom. The van der Waals surface area contributed by atoms with Crippen LogP contribution in [-0.4, -0.2) is 44.3 Å². The van der Waals surface area contributed by atoms with Crippen LogP contribution in [0.5, 0.6) is 0 Å². The van der Waals surface area contributed by atoms with Crippen LogP contribution in [0.25, 0.3) is 0 Å². The van der Waals surface area contributed by atoms with Gasteiger partial charge in [0.1, 0.15) is 0 Å². The second kappa shape index (κ2) is 10.4. The lowest BCUT2D eigenvalue weighted by atomic mass is 9.28. The Balaban J connectivity index is 1.79. The summed E-state index contributed by atoms with van der Waals surface area (Å²) in [6.07, 6.45) is 2.78. The van der Waals surface area contributed by atoms with Gasteiger partial charge in [-0.05, 0) is 90.5 Å². The maximum absolute atomic E-state index is 13.2. The van der Waals surface area contributed by atoms with Gasteiger partial charge in [0.15, 0.2) is 0 Å². The normalized spacial score (nSPS) is 25.6. The number of carboxylic acid groups (broad SMARTS) is 4. The molecule has 4 bridgehead atoms. The van der Waals surface area contributed by atoms with Gasteiger partial charge < -0.3 is 20.4 Å². The minimum atomic E-state index is -1.51. The van der Waals surface area contributed by atoms with E-state index in [1.54, 1.807) is 84.9 Å². The van der Waals surface area contributed by atoms with E-state index in [1.165, 1.54) is 12.1 Å². The van der Waals surface area contributed by atoms with E-state index in [0.717, 1.165) is 6.42 Å². The Labute approximate surface area is 265 Å². The van der Waals surface area contributed by atoms with Gasteiger partial charge in [0.2, 0.25) is 0 Å². The zero-order valence-corrected chi connectivity index (χ0v) is 24.8. The number of hydrogen-bond acceptors (Lipinski definition) is 4. The first-order valence-electron chi connectivity index (χ1n) is 15.4. The van der Waals surface area contributed by atoms with Crippen molar-refractivity contribution in [1.29, 1.82) is 0 Å². The second-order valence-corrected chi connectivity index (χ2v) is 13.1. The zero-order chi connectivity index (χ0) is 32.4. The number of benzene rings is 4. The summed E-state index contributed by atoms with van der Waals surface area (Å²) in [5, 5.41) is 42.7. The van der Waals surface area contributed by atoms with E-state index in [-0.39, 0.29) is 34.1 Å². The maximum Gasteiger partial charge on any atom is 0.335 e. The minimum absolute atomic E-state index is 0.0328. The average Bonchev–Trinajstić information content (AvgIpc) is 3.04. The number of aromatic carboxylic acids is 4. The van der Waals surface area contributed by atoms with Gasteiger partial charge >= 0.3 is 23.9 Å². The molecule has 0 saturated heterocycles. The molecule has 4 aromatic rings. The van der Waals surface area contributed by atoms with Crippen LogP contribution in [0.2, 0.25) is 0 Å². The highest BCUT2D eigenvalue weighted by Gasteiger charge is 2.75. The molecule has 0 aliphatic heterocycles. The van der Waals surface area contributed by atoms with Crippen molar-refractivity contribution in [2.45, 2.75) is 48.3 Å². The lowest BCUT2D eigenvalue weighted by Crippen LogP contribution is -2.73. The molecule has 4 N–H and O–H groups in total. The Kier molecular flexibility index (Phi) is 6.67. The van der Waals surface area contributed by atoms with E-state index in [1.807, 2.05) is 0 Å². The summed E-state index contributed by atoms with van der Waals surface area (Å²) in [5.41, 5.74) is -1.94. The molecule has 0 unspecified atom stereocenters. The van der Waals surface area contributed by atoms with Crippen molar-refractivity contribution >= 4 is 23.9 Å². The van der Waals surface area contributed by atoms with Crippen molar-refractivity contribution in [1.82, 2.24) is 0 Å². The van der Waals surface area contributed by atoms with Gasteiger partial charge in [-0.1, -0.05) is 72.8 Å². The van der Waals surface area contributed by atoms with Crippen LogP contribution in [0.1, 0.15) is 95.8 Å². The third kappa shape index (κ3) is 3.79. The summed E-state index contributed by atoms with van der Waals surface area (Å²) < 4.78 is 0. The monoisotopic (exact) mass is 616 g/mol. The summed E-state index contributed by atoms with van der Waals surface area (Å²) in [6, 6.07) is 26.7. The Morgan fingerprint density at radius 3 is 1.00 bits per heavy atom. The van der Waals surface area contributed by atoms with Crippen LogP contribution in [-0.2, 0) is 16.2 Å². The topological polar surface area (TPSA) is 149 Å². The highest BCUT2D eigenvalue weighted by atomic mass is 16.4. The molecule has 0 spiro atoms. The van der Waals surface area contributed by atoms with Crippen LogP contribution in [0.4, 0.5) is 0 Å². The third-order valence-electron chi connectivity index (χ3n) is 11.1. The van der Waals surface area contributed by atoms with Crippen LogP contribution in [0, 0.1) is 11.8 Å². The Morgan fingerprint density at radius 1 is 0.435 bits per heavy atom. The molecule has 0 atom stereocenters. The van der Waals surface area contributed by atoms with Gasteiger partial charge in [0, 0.05) is 16.2 Å². The SMILES string of the molecule is O=C(O)c1ccccc1C12CC3CC(C1)CC(c1ccccc1C(=O)O)(C3)C2(c1ccccc1C(=O)O)c1ccccc1C(=O)O. The van der Waals surface area contributed by atoms with Gasteiger partial charge in [-0.3, -0.25) is 0 Å². The molecular weight excluding hydrogens is 584 g/mol. The van der Waals surface area contributed by atoms with Crippen LogP contribution in [0.15, 0.2) is 97.1 Å². The number of rotatable bonds is 8. The van der Waals surface area contributed by atoms with E-state index in [0.29, 0.717) is 47.9 Å². The molecule has 8 nitrogen and oxygen atoms in total. The first-order valence-corrected chi connectivity index (χ1v) is 15.4. The summed E-state index contributed by atoms with van der Waals surface area (Å²) >= 11 is 0. The molecule has 4 aromatic carbocycles. The van der Waals surface area contributed by atoms with Gasteiger partial charge in [-0.15, -0.1) is 0 Å². The molecule has 4 aliphatic carbocycles. The van der Waals surface area contributed by atoms with Crippen molar-refractivity contribution < 1.29 is 39.6 Å². The number of carbonyl (C=O) groups is 4. The van der Waals surface area contributed by atoms with Gasteiger partial charge in [0.05, 0.1) is 22.3 Å². The summed E-state index contributed by atoms with van der Waals surface area (Å²) in [5.74, 6) is -4.59. The molecule has 8 heteroatoms. The maximum atomic E-state index is 13.2. The number of hydrogen-bond donors (Lipinski definition) is 4. The third-order valence-corrected chi connectivity index (χ3v) is 11.1. The lowest BCUT2D eigenvalue weighted by molar-refractivity contribution is -0.0914. The molecule has 4 aliphatic rings. The van der Waals surface area contributed by atoms with Crippen molar-refractivity contribution in [3.05, 3.63) is 142 Å². The van der Waals surface area contributed by atoms with Gasteiger partial charge in [0.25, 0.3) is 0 Å². The molecule has 0 amide bonds. The molecular formula is C38H32O8. The fourth-order valence-electron chi connectivity index (χ4n) is 10.3. The quantitative estimate of drug-likeness (QED) is 0.168. The predicted octanol–water partition coefficient (Wildman–Crippen LogP) is 6.87. The highest BCUT2D eigenvalue weighted by molar-refractivity contribution is 5.96. The van der Waals surface area contributed by atoms with Gasteiger partial charge in [-0.2, -0.15) is 0 Å². The fraction of sp³-hybridized carbons (Fsp3) is 0.263. The number of carboxylic acids is 4. The first kappa shape index (κ1) is 29.5. The van der Waals surface area contributed by atoms with E-state index in [2.05, 4.69) is 0 Å². The predicted molar refractivity (Wildman–Crippen MR) is 168 cm³/mol. The van der Waals surface area contributed by atoms with Crippen LogP contribution >= 0.6 is 0 Å². The van der Waals surface area contributed by atoms with Crippen molar-refractivity contribution in [2.75, 3.05) is 0 Å². The fourth-order valence-corrected chi connectivity index (χ4v) is 10.3. The van der Waals surface area contributed by atoms with Crippen molar-refractivity contribution in [2.24, 2.45) is 11.8 Å². The molecule has 232 valence electrons. The molecule has 46 heavy (non-hydrogen) atoms. The largest absolute Gasteiger partial charge is 0.478 e. The van der Waals surface area contributed by atoms with Crippen LogP contribution in [0.3, 0.4) is 0 Å². The molecule has 0 heterocycles. The summed E-state index contributed by atoms with van der Waals surface area (Å²) in [4.78, 5) is 52.3. The van der Waals surface area contributed by atoms with Crippen molar-refractivity contribution in [3.8, 4) is 0 Å². The molecule has 4 saturated carbocycles. The second-order valence-electron chi connectivity index (χ2n) is 13.1. The average molecular weight is 617 g/mol. The molecule has 0 radical (unpaired) electrons. The Bertz CT molecular complexity index is 1790. The zero-order valence-electron chi connectivity index (χ0n) is 24.8. The molecule has 8 rings (SSSR count). The lowest BCUT2D eigenvalue weighted by Gasteiger charge is -2.74. The van der Waals surface area contributed by atoms with Crippen LogP contribution < -0.4 is 0 Å². The van der Waals surface area contributed by atoms with E-state index in [4.69, 9.17) is 0 Å². The minimum Gasteiger partial charge on any atom is -0.478 e. The smallest absolute Gasteiger partial charge is 0.335 e. The van der Waals surface area contributed by atoms with Crippen molar-refractivity contribution in [3.63, 3.8) is 0 Å². The van der Waals surface area contributed by atoms with Gasteiger partial charge in [-0.25, -0.2) is 19.2 Å². The van der Waals surface area contributed by atoms with E-state index < -0.39 is 40.1 Å². The summed E-state index contributed by atoms with van der Waals surface area (Å²) in [6.45, 7) is 0. The first-order chi connectivity index (χ1) is 22.1. The molecule has 4 fully saturated rings. The van der Waals surface area contributed by atoms with E-state index in [9.17, 15) is 39.6 Å². The highest BCUT2D eigenvalue weighted by Crippen LogP contribution is 2.77. The standard InChI is InChI=1S/C38H32O8/c39-32(40)24-9-1-5-13-28(24)36-18-22-17-23(19-36)21-37(20-22,29-14-6-2-10-25(29)33(41)42)38(36,30-15-7-3-11-26(30)34(43)44)31-16-8-4-12-27(31)35(45)46/h1-16,22-23H,17-21H2,(H,39,40)(H,41,42)(H,43,44)(H,45,46). The Hall–Kier alpha value is -5.24.